The molecular weight excluding hydrogens is 331 g/mol. The standard InChI is InChI=1S/C14H10Cl2N2O2S/c15-8-1-2-9(10(16)7-8)11-3-4-12(20-11)13(19)18-14-17-5-6-21-14/h1-4,7H,5-6H2,(H,17,18,19). The van der Waals surface area contributed by atoms with Crippen LogP contribution < -0.4 is 5.32 Å². The van der Waals surface area contributed by atoms with Gasteiger partial charge in [-0.2, -0.15) is 0 Å². The molecule has 1 aromatic carbocycles. The van der Waals surface area contributed by atoms with Crippen molar-refractivity contribution in [3.05, 3.63) is 46.1 Å². The number of aliphatic imine (C=N–C) groups is 1. The largest absolute Gasteiger partial charge is 0.451 e. The third-order valence-electron chi connectivity index (χ3n) is 2.83. The van der Waals surface area contributed by atoms with E-state index < -0.39 is 0 Å². The third kappa shape index (κ3) is 3.26. The summed E-state index contributed by atoms with van der Waals surface area (Å²) < 4.78 is 5.56. The number of thioether (sulfide) groups is 1. The van der Waals surface area contributed by atoms with Crippen molar-refractivity contribution in [2.45, 2.75) is 0 Å². The molecule has 2 heterocycles. The van der Waals surface area contributed by atoms with Gasteiger partial charge < -0.3 is 4.42 Å². The maximum atomic E-state index is 12.0. The average Bonchev–Trinajstić information content (AvgIpc) is 3.09. The Morgan fingerprint density at radius 3 is 2.86 bits per heavy atom. The van der Waals surface area contributed by atoms with E-state index in [9.17, 15) is 4.79 Å². The number of halogens is 2. The highest BCUT2D eigenvalue weighted by atomic mass is 35.5. The van der Waals surface area contributed by atoms with Crippen LogP contribution in [0.1, 0.15) is 10.6 Å². The van der Waals surface area contributed by atoms with Crippen LogP contribution in [0, 0.1) is 0 Å². The van der Waals surface area contributed by atoms with E-state index in [4.69, 9.17) is 27.6 Å². The Morgan fingerprint density at radius 1 is 1.29 bits per heavy atom. The molecule has 3 rings (SSSR count). The van der Waals surface area contributed by atoms with Crippen LogP contribution in [0.15, 0.2) is 39.7 Å². The van der Waals surface area contributed by atoms with Crippen molar-refractivity contribution < 1.29 is 9.21 Å². The van der Waals surface area contributed by atoms with Crippen molar-refractivity contribution in [1.82, 2.24) is 5.32 Å². The van der Waals surface area contributed by atoms with Gasteiger partial charge in [0, 0.05) is 16.3 Å². The number of hydrogen-bond donors (Lipinski definition) is 1. The smallest absolute Gasteiger partial charge is 0.292 e. The first-order chi connectivity index (χ1) is 10.1. The summed E-state index contributed by atoms with van der Waals surface area (Å²) in [4.78, 5) is 16.2. The number of rotatable bonds is 2. The normalized spacial score (nSPS) is 14.1. The number of amides is 1. The minimum atomic E-state index is -0.320. The highest BCUT2D eigenvalue weighted by molar-refractivity contribution is 8.14. The molecule has 0 atom stereocenters. The van der Waals surface area contributed by atoms with Crippen molar-refractivity contribution in [1.29, 1.82) is 0 Å². The fourth-order valence-corrected chi connectivity index (χ4v) is 3.09. The zero-order chi connectivity index (χ0) is 14.8. The average molecular weight is 341 g/mol. The summed E-state index contributed by atoms with van der Waals surface area (Å²) in [7, 11) is 0. The molecule has 1 aliphatic heterocycles. The van der Waals surface area contributed by atoms with Crippen LogP contribution in [0.4, 0.5) is 0 Å². The number of hydrogen-bond acceptors (Lipinski definition) is 4. The molecule has 2 aromatic rings. The molecule has 108 valence electrons. The van der Waals surface area contributed by atoms with Gasteiger partial charge in [-0.3, -0.25) is 15.1 Å². The second-order valence-electron chi connectivity index (χ2n) is 4.28. The van der Waals surface area contributed by atoms with E-state index >= 15 is 0 Å². The van der Waals surface area contributed by atoms with Gasteiger partial charge in [-0.15, -0.1) is 0 Å². The lowest BCUT2D eigenvalue weighted by Crippen LogP contribution is -2.26. The van der Waals surface area contributed by atoms with E-state index in [1.54, 1.807) is 30.3 Å². The Balaban J connectivity index is 1.81. The summed E-state index contributed by atoms with van der Waals surface area (Å²) in [6.45, 7) is 0.726. The topological polar surface area (TPSA) is 54.6 Å². The van der Waals surface area contributed by atoms with E-state index in [2.05, 4.69) is 10.3 Å². The van der Waals surface area contributed by atoms with Gasteiger partial charge in [0.25, 0.3) is 5.91 Å². The molecule has 1 amide bonds. The van der Waals surface area contributed by atoms with E-state index in [-0.39, 0.29) is 11.7 Å². The molecule has 21 heavy (non-hydrogen) atoms. The van der Waals surface area contributed by atoms with Crippen molar-refractivity contribution in [2.75, 3.05) is 12.3 Å². The van der Waals surface area contributed by atoms with E-state index in [0.717, 1.165) is 12.3 Å². The molecule has 4 nitrogen and oxygen atoms in total. The van der Waals surface area contributed by atoms with Gasteiger partial charge in [0.1, 0.15) is 5.76 Å². The zero-order valence-corrected chi connectivity index (χ0v) is 13.1. The van der Waals surface area contributed by atoms with Crippen LogP contribution in [-0.2, 0) is 0 Å². The molecular formula is C14H10Cl2N2O2S. The lowest BCUT2D eigenvalue weighted by atomic mass is 10.2. The monoisotopic (exact) mass is 340 g/mol. The highest BCUT2D eigenvalue weighted by Gasteiger charge is 2.17. The first-order valence-electron chi connectivity index (χ1n) is 6.17. The van der Waals surface area contributed by atoms with Crippen molar-refractivity contribution in [3.8, 4) is 11.3 Å². The predicted octanol–water partition coefficient (Wildman–Crippen LogP) is 4.09. The summed E-state index contributed by atoms with van der Waals surface area (Å²) in [6, 6.07) is 8.41. The Labute approximate surface area is 135 Å². The highest BCUT2D eigenvalue weighted by Crippen LogP contribution is 2.31. The van der Waals surface area contributed by atoms with Gasteiger partial charge in [0.05, 0.1) is 11.6 Å². The van der Waals surface area contributed by atoms with Crippen LogP contribution >= 0.6 is 35.0 Å². The minimum absolute atomic E-state index is 0.214. The molecule has 0 fully saturated rings. The number of carbonyl (C=O) groups is 1. The molecule has 0 unspecified atom stereocenters. The lowest BCUT2D eigenvalue weighted by molar-refractivity contribution is 0.0952. The molecule has 0 saturated heterocycles. The van der Waals surface area contributed by atoms with Gasteiger partial charge in [-0.05, 0) is 30.3 Å². The molecule has 0 spiro atoms. The van der Waals surface area contributed by atoms with Crippen molar-refractivity contribution >= 4 is 46.0 Å². The molecule has 1 aliphatic rings. The number of nitrogens with zero attached hydrogens (tertiary/aromatic N) is 1. The van der Waals surface area contributed by atoms with Crippen LogP contribution in [0.3, 0.4) is 0 Å². The minimum Gasteiger partial charge on any atom is -0.451 e. The maximum Gasteiger partial charge on any atom is 0.292 e. The molecule has 1 N–H and O–H groups in total. The fourth-order valence-electron chi connectivity index (χ4n) is 1.86. The summed E-state index contributed by atoms with van der Waals surface area (Å²) in [5.74, 6) is 1.30. The predicted molar refractivity (Wildman–Crippen MR) is 86.4 cm³/mol. The van der Waals surface area contributed by atoms with Gasteiger partial charge >= 0.3 is 0 Å². The van der Waals surface area contributed by atoms with Gasteiger partial charge in [0.15, 0.2) is 10.9 Å². The summed E-state index contributed by atoms with van der Waals surface area (Å²) in [5.41, 5.74) is 0.688. The number of furan rings is 1. The van der Waals surface area contributed by atoms with E-state index in [1.165, 1.54) is 11.8 Å². The first-order valence-corrected chi connectivity index (χ1v) is 7.91. The first kappa shape index (κ1) is 14.5. The van der Waals surface area contributed by atoms with Gasteiger partial charge in [-0.1, -0.05) is 35.0 Å². The fraction of sp³-hybridized carbons (Fsp3) is 0.143. The molecule has 7 heteroatoms. The number of carbonyl (C=O) groups excluding carboxylic acids is 1. The summed E-state index contributed by atoms with van der Waals surface area (Å²) in [5, 5.41) is 4.35. The number of nitrogens with one attached hydrogen (secondary N) is 1. The quantitative estimate of drug-likeness (QED) is 0.895. The maximum absolute atomic E-state index is 12.0. The van der Waals surface area contributed by atoms with Crippen LogP contribution in [0.5, 0.6) is 0 Å². The second kappa shape index (κ2) is 6.13. The number of amidine groups is 1. The van der Waals surface area contributed by atoms with Crippen molar-refractivity contribution in [2.24, 2.45) is 4.99 Å². The molecule has 0 saturated carbocycles. The molecule has 0 bridgehead atoms. The molecule has 0 radical (unpaired) electrons. The van der Waals surface area contributed by atoms with Crippen LogP contribution in [0.2, 0.25) is 10.0 Å². The molecule has 1 aromatic heterocycles. The Kier molecular flexibility index (Phi) is 4.24. The van der Waals surface area contributed by atoms with Crippen molar-refractivity contribution in [3.63, 3.8) is 0 Å². The zero-order valence-electron chi connectivity index (χ0n) is 10.7. The Hall–Kier alpha value is -1.43. The van der Waals surface area contributed by atoms with Crippen LogP contribution in [-0.4, -0.2) is 23.4 Å². The Morgan fingerprint density at radius 2 is 2.14 bits per heavy atom. The second-order valence-corrected chi connectivity index (χ2v) is 6.20. The van der Waals surface area contributed by atoms with E-state index in [1.807, 2.05) is 0 Å². The Bertz CT molecular complexity index is 728. The van der Waals surface area contributed by atoms with E-state index in [0.29, 0.717) is 26.5 Å². The number of benzene rings is 1. The van der Waals surface area contributed by atoms with Gasteiger partial charge in [0.2, 0.25) is 0 Å². The third-order valence-corrected chi connectivity index (χ3v) is 4.27. The van der Waals surface area contributed by atoms with Gasteiger partial charge in [-0.25, -0.2) is 0 Å². The SMILES string of the molecule is O=C(NC1=NCCS1)c1ccc(-c2ccc(Cl)cc2Cl)o1. The van der Waals surface area contributed by atoms with Crippen LogP contribution in [0.25, 0.3) is 11.3 Å². The summed E-state index contributed by atoms with van der Waals surface area (Å²) >= 11 is 13.5. The molecule has 0 aliphatic carbocycles. The lowest BCUT2D eigenvalue weighted by Gasteiger charge is -2.02. The summed E-state index contributed by atoms with van der Waals surface area (Å²) in [6.07, 6.45) is 0.